The SMILES string of the molecule is O=C(Nc1ccccc1C(F)(F)F)C1CN(c2cc(-c3ccccc3)ncn2)C1. The molecule has 29 heavy (non-hydrogen) atoms. The summed E-state index contributed by atoms with van der Waals surface area (Å²) in [6.45, 7) is 0.760. The average Bonchev–Trinajstić information content (AvgIpc) is 2.67. The molecule has 0 bridgehead atoms. The number of alkyl halides is 3. The standard InChI is InChI=1S/C21H17F3N4O/c22-21(23,24)16-8-4-5-9-17(16)27-20(29)15-11-28(12-15)19-10-18(25-13-26-19)14-6-2-1-3-7-14/h1-10,13,15H,11-12H2,(H,27,29). The normalized spacial score (nSPS) is 14.4. The highest BCUT2D eigenvalue weighted by Gasteiger charge is 2.37. The third-order valence-electron chi connectivity index (χ3n) is 4.79. The fourth-order valence-corrected chi connectivity index (χ4v) is 3.19. The van der Waals surface area contributed by atoms with E-state index in [1.807, 2.05) is 41.3 Å². The third kappa shape index (κ3) is 4.06. The number of carbonyl (C=O) groups is 1. The number of carbonyl (C=O) groups excluding carboxylic acids is 1. The van der Waals surface area contributed by atoms with E-state index in [9.17, 15) is 18.0 Å². The lowest BCUT2D eigenvalue weighted by atomic mass is 9.98. The van der Waals surface area contributed by atoms with E-state index in [0.29, 0.717) is 18.9 Å². The van der Waals surface area contributed by atoms with Crippen LogP contribution >= 0.6 is 0 Å². The van der Waals surface area contributed by atoms with Crippen LogP contribution in [0.4, 0.5) is 24.7 Å². The molecule has 148 valence electrons. The molecule has 4 rings (SSSR count). The molecule has 0 spiro atoms. The monoisotopic (exact) mass is 398 g/mol. The highest BCUT2D eigenvalue weighted by Crippen LogP contribution is 2.35. The predicted octanol–water partition coefficient (Wildman–Crippen LogP) is 4.24. The number of nitrogens with one attached hydrogen (secondary N) is 1. The number of benzene rings is 2. The quantitative estimate of drug-likeness (QED) is 0.714. The van der Waals surface area contributed by atoms with E-state index in [1.165, 1.54) is 24.5 Å². The van der Waals surface area contributed by atoms with Gasteiger partial charge >= 0.3 is 6.18 Å². The summed E-state index contributed by atoms with van der Waals surface area (Å²) in [5, 5.41) is 2.41. The van der Waals surface area contributed by atoms with Crippen molar-refractivity contribution in [1.82, 2.24) is 9.97 Å². The third-order valence-corrected chi connectivity index (χ3v) is 4.79. The molecule has 1 aromatic heterocycles. The van der Waals surface area contributed by atoms with Gasteiger partial charge in [0, 0.05) is 24.7 Å². The van der Waals surface area contributed by atoms with E-state index in [4.69, 9.17) is 0 Å². The van der Waals surface area contributed by atoms with E-state index in [-0.39, 0.29) is 5.69 Å². The predicted molar refractivity (Wildman–Crippen MR) is 103 cm³/mol. The fourth-order valence-electron chi connectivity index (χ4n) is 3.19. The molecule has 0 atom stereocenters. The summed E-state index contributed by atoms with van der Waals surface area (Å²) in [4.78, 5) is 22.8. The first kappa shape index (κ1) is 18.9. The molecule has 8 heteroatoms. The van der Waals surface area contributed by atoms with Crippen molar-refractivity contribution in [2.24, 2.45) is 5.92 Å². The lowest BCUT2D eigenvalue weighted by molar-refractivity contribution is -0.137. The summed E-state index contributed by atoms with van der Waals surface area (Å²) in [6.07, 6.45) is -3.06. The topological polar surface area (TPSA) is 58.1 Å². The van der Waals surface area contributed by atoms with Gasteiger partial charge in [-0.2, -0.15) is 13.2 Å². The summed E-state index contributed by atoms with van der Waals surface area (Å²) in [6, 6.07) is 16.4. The Morgan fingerprint density at radius 2 is 1.69 bits per heavy atom. The number of amides is 1. The van der Waals surface area contributed by atoms with Gasteiger partial charge in [0.2, 0.25) is 5.91 Å². The van der Waals surface area contributed by atoms with E-state index in [1.54, 1.807) is 0 Å². The van der Waals surface area contributed by atoms with Gasteiger partial charge in [-0.1, -0.05) is 42.5 Å². The molecular formula is C21H17F3N4O. The molecule has 1 saturated heterocycles. The van der Waals surface area contributed by atoms with Gasteiger partial charge in [-0.3, -0.25) is 4.79 Å². The smallest absolute Gasteiger partial charge is 0.355 e. The lowest BCUT2D eigenvalue weighted by Crippen LogP contribution is -2.52. The van der Waals surface area contributed by atoms with E-state index < -0.39 is 23.6 Å². The van der Waals surface area contributed by atoms with Crippen LogP contribution in [0.25, 0.3) is 11.3 Å². The zero-order chi connectivity index (χ0) is 20.4. The molecule has 1 aliphatic rings. The van der Waals surface area contributed by atoms with Crippen molar-refractivity contribution in [2.75, 3.05) is 23.3 Å². The minimum Gasteiger partial charge on any atom is -0.355 e. The Hall–Kier alpha value is -3.42. The Morgan fingerprint density at radius 3 is 2.41 bits per heavy atom. The molecule has 2 aromatic carbocycles. The second-order valence-electron chi connectivity index (χ2n) is 6.76. The zero-order valence-corrected chi connectivity index (χ0v) is 15.2. The Kier molecular flexibility index (Phi) is 4.92. The number of hydrogen-bond donors (Lipinski definition) is 1. The van der Waals surface area contributed by atoms with Crippen molar-refractivity contribution in [2.45, 2.75) is 6.18 Å². The molecule has 1 aliphatic heterocycles. The summed E-state index contributed by atoms with van der Waals surface area (Å²) in [7, 11) is 0. The molecule has 0 aliphatic carbocycles. The van der Waals surface area contributed by atoms with Gasteiger partial charge < -0.3 is 10.2 Å². The van der Waals surface area contributed by atoms with Crippen molar-refractivity contribution in [3.05, 3.63) is 72.6 Å². The van der Waals surface area contributed by atoms with Crippen LogP contribution in [0, 0.1) is 5.92 Å². The minimum atomic E-state index is -4.52. The van der Waals surface area contributed by atoms with Crippen molar-refractivity contribution >= 4 is 17.4 Å². The molecule has 0 radical (unpaired) electrons. The van der Waals surface area contributed by atoms with Gasteiger partial charge in [0.1, 0.15) is 12.1 Å². The highest BCUT2D eigenvalue weighted by molar-refractivity contribution is 5.95. The van der Waals surface area contributed by atoms with Crippen LogP contribution in [0.2, 0.25) is 0 Å². The zero-order valence-electron chi connectivity index (χ0n) is 15.2. The average molecular weight is 398 g/mol. The summed E-state index contributed by atoms with van der Waals surface area (Å²) >= 11 is 0. The van der Waals surface area contributed by atoms with Gasteiger partial charge in [0.25, 0.3) is 0 Å². The molecule has 5 nitrogen and oxygen atoms in total. The molecule has 1 fully saturated rings. The van der Waals surface area contributed by atoms with Gasteiger partial charge in [-0.05, 0) is 12.1 Å². The van der Waals surface area contributed by atoms with Crippen LogP contribution in [-0.2, 0) is 11.0 Å². The second kappa shape index (κ2) is 7.54. The Morgan fingerprint density at radius 1 is 1.00 bits per heavy atom. The number of para-hydroxylation sites is 1. The summed E-state index contributed by atoms with van der Waals surface area (Å²) in [5.74, 6) is -0.166. The molecule has 2 heterocycles. The number of anilines is 2. The van der Waals surface area contributed by atoms with Gasteiger partial charge in [0.15, 0.2) is 0 Å². The number of rotatable bonds is 4. The molecule has 3 aromatic rings. The first-order chi connectivity index (χ1) is 13.9. The van der Waals surface area contributed by atoms with Crippen LogP contribution in [0.15, 0.2) is 67.0 Å². The number of aromatic nitrogens is 2. The molecule has 1 amide bonds. The van der Waals surface area contributed by atoms with Gasteiger partial charge in [-0.15, -0.1) is 0 Å². The Balaban J connectivity index is 1.42. The summed E-state index contributed by atoms with van der Waals surface area (Å²) < 4.78 is 39.2. The van der Waals surface area contributed by atoms with Crippen LogP contribution in [0.1, 0.15) is 5.56 Å². The second-order valence-corrected chi connectivity index (χ2v) is 6.76. The Bertz CT molecular complexity index is 1020. The molecule has 1 N–H and O–H groups in total. The van der Waals surface area contributed by atoms with Crippen molar-refractivity contribution in [1.29, 1.82) is 0 Å². The maximum atomic E-state index is 13.1. The molecule has 0 saturated carbocycles. The molecule has 0 unspecified atom stereocenters. The molecular weight excluding hydrogens is 381 g/mol. The van der Waals surface area contributed by atoms with Crippen molar-refractivity contribution in [3.8, 4) is 11.3 Å². The maximum Gasteiger partial charge on any atom is 0.418 e. The lowest BCUT2D eigenvalue weighted by Gasteiger charge is -2.39. The number of halogens is 3. The van der Waals surface area contributed by atoms with Crippen molar-refractivity contribution in [3.63, 3.8) is 0 Å². The minimum absolute atomic E-state index is 0.225. The van der Waals surface area contributed by atoms with E-state index >= 15 is 0 Å². The largest absolute Gasteiger partial charge is 0.418 e. The van der Waals surface area contributed by atoms with Crippen LogP contribution in [0.5, 0.6) is 0 Å². The van der Waals surface area contributed by atoms with Crippen molar-refractivity contribution < 1.29 is 18.0 Å². The van der Waals surface area contributed by atoms with E-state index in [2.05, 4.69) is 15.3 Å². The fraction of sp³-hybridized carbons (Fsp3) is 0.190. The Labute approximate surface area is 165 Å². The highest BCUT2D eigenvalue weighted by atomic mass is 19.4. The van der Waals surface area contributed by atoms with E-state index in [0.717, 1.165) is 17.3 Å². The van der Waals surface area contributed by atoms with Crippen LogP contribution in [0.3, 0.4) is 0 Å². The van der Waals surface area contributed by atoms with Gasteiger partial charge in [0.05, 0.1) is 22.9 Å². The first-order valence-corrected chi connectivity index (χ1v) is 9.01. The van der Waals surface area contributed by atoms with Gasteiger partial charge in [-0.25, -0.2) is 9.97 Å². The number of nitrogens with zero attached hydrogens (tertiary/aromatic N) is 3. The summed E-state index contributed by atoms with van der Waals surface area (Å²) in [5.41, 5.74) is 0.641. The maximum absolute atomic E-state index is 13.1. The van der Waals surface area contributed by atoms with Crippen LogP contribution in [-0.4, -0.2) is 29.0 Å². The first-order valence-electron chi connectivity index (χ1n) is 9.01. The number of hydrogen-bond acceptors (Lipinski definition) is 4. The van der Waals surface area contributed by atoms with Crippen LogP contribution < -0.4 is 10.2 Å².